The number of carbonyl (C=O) groups excluding carboxylic acids is 2. The zero-order chi connectivity index (χ0) is 28.6. The van der Waals surface area contributed by atoms with Crippen LogP contribution in [0.5, 0.6) is 0 Å². The monoisotopic (exact) mass is 545 g/mol. The first-order valence-corrected chi connectivity index (χ1v) is 13.5. The van der Waals surface area contributed by atoms with Gasteiger partial charge in [-0.2, -0.15) is 0 Å². The zero-order valence-electron chi connectivity index (χ0n) is 23.3. The van der Waals surface area contributed by atoms with Crippen LogP contribution in [0.3, 0.4) is 0 Å². The number of nitrogens with zero attached hydrogens (tertiary/aromatic N) is 2. The molecule has 1 saturated heterocycles. The van der Waals surface area contributed by atoms with E-state index in [0.29, 0.717) is 30.9 Å². The summed E-state index contributed by atoms with van der Waals surface area (Å²) in [5, 5.41) is 9.50. The summed E-state index contributed by atoms with van der Waals surface area (Å²) in [5.74, 6) is -1.13. The number of hydrogen-bond donors (Lipinski definition) is 2. The summed E-state index contributed by atoms with van der Waals surface area (Å²) in [5.41, 5.74) is 5.14. The van der Waals surface area contributed by atoms with Crippen molar-refractivity contribution < 1.29 is 29.0 Å². The van der Waals surface area contributed by atoms with Gasteiger partial charge in [-0.25, -0.2) is 14.4 Å². The summed E-state index contributed by atoms with van der Waals surface area (Å²) >= 11 is 0. The third-order valence-corrected chi connectivity index (χ3v) is 7.47. The molecule has 1 aromatic heterocycles. The third kappa shape index (κ3) is 5.54. The molecule has 0 saturated carbocycles. The van der Waals surface area contributed by atoms with E-state index in [1.54, 1.807) is 22.8 Å². The highest BCUT2D eigenvalue weighted by Gasteiger charge is 2.37. The van der Waals surface area contributed by atoms with Crippen LogP contribution in [0, 0.1) is 6.92 Å². The van der Waals surface area contributed by atoms with Crippen LogP contribution >= 0.6 is 0 Å². The first-order valence-electron chi connectivity index (χ1n) is 13.5. The number of nitrogens with one attached hydrogen (secondary N) is 1. The Labute approximate surface area is 233 Å². The van der Waals surface area contributed by atoms with Crippen molar-refractivity contribution in [2.24, 2.45) is 0 Å². The van der Waals surface area contributed by atoms with Gasteiger partial charge in [0.25, 0.3) is 0 Å². The van der Waals surface area contributed by atoms with Crippen molar-refractivity contribution in [3.05, 3.63) is 82.7 Å². The van der Waals surface area contributed by atoms with Crippen LogP contribution in [-0.4, -0.2) is 69.4 Å². The first-order chi connectivity index (χ1) is 19.0. The molecular weight excluding hydrogens is 510 g/mol. The molecule has 2 amide bonds. The van der Waals surface area contributed by atoms with E-state index in [1.165, 1.54) is 0 Å². The van der Waals surface area contributed by atoms with E-state index in [9.17, 15) is 19.5 Å². The number of benzene rings is 2. The Morgan fingerprint density at radius 1 is 1.05 bits per heavy atom. The van der Waals surface area contributed by atoms with Gasteiger partial charge in [-0.15, -0.1) is 0 Å². The second kappa shape index (κ2) is 10.7. The van der Waals surface area contributed by atoms with Gasteiger partial charge >= 0.3 is 18.2 Å². The van der Waals surface area contributed by atoms with Crippen molar-refractivity contribution in [2.75, 3.05) is 19.7 Å². The van der Waals surface area contributed by atoms with Crippen LogP contribution < -0.4 is 0 Å². The number of carboxylic acids is 1. The average Bonchev–Trinajstić information content (AvgIpc) is 3.61. The fourth-order valence-electron chi connectivity index (χ4n) is 5.63. The van der Waals surface area contributed by atoms with Crippen molar-refractivity contribution in [3.63, 3.8) is 0 Å². The van der Waals surface area contributed by atoms with Crippen LogP contribution in [0.1, 0.15) is 66.0 Å². The number of carbonyl (C=O) groups is 3. The summed E-state index contributed by atoms with van der Waals surface area (Å²) in [6, 6.07) is 17.5. The molecule has 0 radical (unpaired) electrons. The number of likely N-dealkylation sites (tertiary alicyclic amines) is 1. The second-order valence-electron chi connectivity index (χ2n) is 11.4. The second-order valence-corrected chi connectivity index (χ2v) is 11.4. The van der Waals surface area contributed by atoms with Gasteiger partial charge in [0.2, 0.25) is 0 Å². The highest BCUT2D eigenvalue weighted by atomic mass is 16.6. The normalized spacial score (nSPS) is 16.4. The molecule has 1 aliphatic carbocycles. The Hall–Kier alpha value is -4.27. The number of ether oxygens (including phenoxy) is 2. The number of aromatic nitrogens is 1. The molecule has 9 nitrogen and oxygen atoms in total. The van der Waals surface area contributed by atoms with Gasteiger partial charge in [0, 0.05) is 30.4 Å². The Kier molecular flexibility index (Phi) is 7.31. The minimum atomic E-state index is -1.04. The van der Waals surface area contributed by atoms with Crippen molar-refractivity contribution in [3.8, 4) is 11.1 Å². The SMILES string of the molecule is Cc1[nH]c(CN(C(=O)OCC2c3ccccc3-c3ccccc32)[C@H]2CCN(C(=O)OC(C)(C)C)C2)cc1C(=O)O. The summed E-state index contributed by atoms with van der Waals surface area (Å²) in [4.78, 5) is 44.3. The van der Waals surface area contributed by atoms with Crippen molar-refractivity contribution in [2.45, 2.75) is 58.2 Å². The molecule has 40 heavy (non-hydrogen) atoms. The lowest BCUT2D eigenvalue weighted by Gasteiger charge is -2.29. The van der Waals surface area contributed by atoms with E-state index in [2.05, 4.69) is 29.2 Å². The number of carboxylic acid groups (broad SMARTS) is 1. The molecule has 0 bridgehead atoms. The van der Waals surface area contributed by atoms with Gasteiger partial charge in [0.15, 0.2) is 0 Å². The molecule has 210 valence electrons. The molecule has 1 aliphatic heterocycles. The maximum Gasteiger partial charge on any atom is 0.410 e. The van der Waals surface area contributed by atoms with Gasteiger partial charge in [0.05, 0.1) is 18.2 Å². The third-order valence-electron chi connectivity index (χ3n) is 7.47. The molecule has 2 N–H and O–H groups in total. The van der Waals surface area contributed by atoms with Gasteiger partial charge in [-0.3, -0.25) is 4.90 Å². The number of H-pyrrole nitrogens is 1. The van der Waals surface area contributed by atoms with E-state index >= 15 is 0 Å². The molecule has 0 unspecified atom stereocenters. The van der Waals surface area contributed by atoms with Crippen LogP contribution in [0.4, 0.5) is 9.59 Å². The molecule has 2 heterocycles. The summed E-state index contributed by atoms with van der Waals surface area (Å²) in [6.07, 6.45) is -0.386. The molecule has 5 rings (SSSR count). The Balaban J connectivity index is 1.36. The predicted octanol–water partition coefficient (Wildman–Crippen LogP) is 5.78. The Bertz CT molecular complexity index is 1390. The van der Waals surface area contributed by atoms with Crippen molar-refractivity contribution >= 4 is 18.2 Å². The predicted molar refractivity (Wildman–Crippen MR) is 149 cm³/mol. The number of amides is 2. The smallest absolute Gasteiger partial charge is 0.410 e. The quantitative estimate of drug-likeness (QED) is 0.406. The van der Waals surface area contributed by atoms with E-state index in [0.717, 1.165) is 22.3 Å². The zero-order valence-corrected chi connectivity index (χ0v) is 23.3. The topological polar surface area (TPSA) is 112 Å². The van der Waals surface area contributed by atoms with E-state index < -0.39 is 23.8 Å². The van der Waals surface area contributed by atoms with Gasteiger partial charge < -0.3 is 24.5 Å². The maximum absolute atomic E-state index is 13.7. The standard InChI is InChI=1S/C31H35N3O6/c1-19-26(28(35)36)15-20(32-19)16-34(21-13-14-33(17-21)29(37)40-31(2,3)4)30(38)39-18-27-24-11-7-5-9-22(24)23-10-6-8-12-25(23)27/h5-12,15,21,27,32H,13-14,16-18H2,1-4H3,(H,35,36)/t21-/m0/s1. The van der Waals surface area contributed by atoms with Crippen molar-refractivity contribution in [1.82, 2.24) is 14.8 Å². The summed E-state index contributed by atoms with van der Waals surface area (Å²) in [6.45, 7) is 8.15. The molecular formula is C31H35N3O6. The highest BCUT2D eigenvalue weighted by Crippen LogP contribution is 2.44. The number of aromatic carboxylic acids is 1. The summed E-state index contributed by atoms with van der Waals surface area (Å²) < 4.78 is 11.5. The minimum Gasteiger partial charge on any atom is -0.478 e. The molecule has 1 atom stereocenters. The minimum absolute atomic E-state index is 0.0913. The molecule has 2 aromatic carbocycles. The van der Waals surface area contributed by atoms with Crippen LogP contribution in [0.15, 0.2) is 54.6 Å². The lowest BCUT2D eigenvalue weighted by atomic mass is 9.98. The number of aromatic amines is 1. The largest absolute Gasteiger partial charge is 0.478 e. The number of fused-ring (bicyclic) bond motifs is 3. The number of hydrogen-bond acceptors (Lipinski definition) is 5. The van der Waals surface area contributed by atoms with Crippen LogP contribution in [0.25, 0.3) is 11.1 Å². The van der Waals surface area contributed by atoms with Crippen molar-refractivity contribution in [1.29, 1.82) is 0 Å². The average molecular weight is 546 g/mol. The van der Waals surface area contributed by atoms with Gasteiger partial charge in [-0.1, -0.05) is 48.5 Å². The molecule has 1 fully saturated rings. The maximum atomic E-state index is 13.7. The van der Waals surface area contributed by atoms with E-state index in [-0.39, 0.29) is 30.7 Å². The van der Waals surface area contributed by atoms with E-state index in [1.807, 2.05) is 45.0 Å². The Morgan fingerprint density at radius 2 is 1.68 bits per heavy atom. The molecule has 2 aliphatic rings. The van der Waals surface area contributed by atoms with E-state index in [4.69, 9.17) is 9.47 Å². The molecule has 3 aromatic rings. The van der Waals surface area contributed by atoms with Gasteiger partial charge in [0.1, 0.15) is 12.2 Å². The molecule has 9 heteroatoms. The first kappa shape index (κ1) is 27.3. The summed E-state index contributed by atoms with van der Waals surface area (Å²) in [7, 11) is 0. The van der Waals surface area contributed by atoms with Gasteiger partial charge in [-0.05, 0) is 62.4 Å². The van der Waals surface area contributed by atoms with Crippen LogP contribution in [0.2, 0.25) is 0 Å². The number of aryl methyl sites for hydroxylation is 1. The lowest BCUT2D eigenvalue weighted by molar-refractivity contribution is 0.0271. The lowest BCUT2D eigenvalue weighted by Crippen LogP contribution is -2.43. The number of rotatable bonds is 6. The molecule has 0 spiro atoms. The fraction of sp³-hybridized carbons (Fsp3) is 0.387. The van der Waals surface area contributed by atoms with Crippen LogP contribution in [-0.2, 0) is 16.0 Å². The Morgan fingerprint density at radius 3 is 2.25 bits per heavy atom. The highest BCUT2D eigenvalue weighted by molar-refractivity contribution is 5.89. The fourth-order valence-corrected chi connectivity index (χ4v) is 5.63.